The Labute approximate surface area is 138 Å². The SMILES string of the molecule is CC(C)C1CCC(CC(=O)CC2CCC(C(C)C)CC2)CC1. The van der Waals surface area contributed by atoms with Crippen molar-refractivity contribution in [3.8, 4) is 0 Å². The quantitative estimate of drug-likeness (QED) is 0.566. The van der Waals surface area contributed by atoms with Crippen LogP contribution in [-0.2, 0) is 4.79 Å². The maximum atomic E-state index is 12.4. The van der Waals surface area contributed by atoms with Gasteiger partial charge in [-0.05, 0) is 86.9 Å². The Balaban J connectivity index is 1.65. The minimum Gasteiger partial charge on any atom is -0.300 e. The van der Waals surface area contributed by atoms with Crippen molar-refractivity contribution in [2.24, 2.45) is 35.5 Å². The molecule has 2 aliphatic carbocycles. The summed E-state index contributed by atoms with van der Waals surface area (Å²) in [7, 11) is 0. The van der Waals surface area contributed by atoms with Crippen molar-refractivity contribution in [1.29, 1.82) is 0 Å². The Hall–Kier alpha value is -0.330. The molecule has 1 nitrogen and oxygen atoms in total. The molecule has 0 bridgehead atoms. The molecule has 0 N–H and O–H groups in total. The number of rotatable bonds is 6. The third-order valence-electron chi connectivity index (χ3n) is 6.70. The van der Waals surface area contributed by atoms with Gasteiger partial charge in [0.2, 0.25) is 0 Å². The normalized spacial score (nSPS) is 33.4. The van der Waals surface area contributed by atoms with Crippen LogP contribution in [0.15, 0.2) is 0 Å². The topological polar surface area (TPSA) is 17.1 Å². The zero-order valence-electron chi connectivity index (χ0n) is 15.4. The summed E-state index contributed by atoms with van der Waals surface area (Å²) < 4.78 is 0. The highest BCUT2D eigenvalue weighted by Crippen LogP contribution is 2.37. The van der Waals surface area contributed by atoms with E-state index in [0.717, 1.165) is 36.5 Å². The highest BCUT2D eigenvalue weighted by Gasteiger charge is 2.27. The second kappa shape index (κ2) is 8.50. The minimum atomic E-state index is 0.570. The van der Waals surface area contributed by atoms with Crippen LogP contribution >= 0.6 is 0 Å². The van der Waals surface area contributed by atoms with E-state index >= 15 is 0 Å². The molecule has 0 unspecified atom stereocenters. The number of Topliss-reactive ketones (excluding diaryl/α,β-unsaturated/α-hetero) is 1. The van der Waals surface area contributed by atoms with Gasteiger partial charge in [0, 0.05) is 12.8 Å². The fourth-order valence-corrected chi connectivity index (χ4v) is 4.85. The third kappa shape index (κ3) is 5.39. The molecular formula is C21H38O. The minimum absolute atomic E-state index is 0.570. The summed E-state index contributed by atoms with van der Waals surface area (Å²) in [5, 5.41) is 0. The lowest BCUT2D eigenvalue weighted by atomic mass is 9.73. The van der Waals surface area contributed by atoms with Gasteiger partial charge in [0.15, 0.2) is 0 Å². The molecule has 128 valence electrons. The van der Waals surface area contributed by atoms with Gasteiger partial charge in [-0.2, -0.15) is 0 Å². The van der Waals surface area contributed by atoms with Crippen LogP contribution in [0.2, 0.25) is 0 Å². The molecule has 22 heavy (non-hydrogen) atoms. The fraction of sp³-hybridized carbons (Fsp3) is 0.952. The molecule has 2 saturated carbocycles. The Bertz CT molecular complexity index is 296. The van der Waals surface area contributed by atoms with Crippen molar-refractivity contribution in [2.75, 3.05) is 0 Å². The van der Waals surface area contributed by atoms with Crippen LogP contribution in [0.1, 0.15) is 91.9 Å². The van der Waals surface area contributed by atoms with E-state index in [4.69, 9.17) is 0 Å². The summed E-state index contributed by atoms with van der Waals surface area (Å²) in [5.41, 5.74) is 0. The van der Waals surface area contributed by atoms with Gasteiger partial charge in [0.05, 0.1) is 0 Å². The third-order valence-corrected chi connectivity index (χ3v) is 6.70. The zero-order chi connectivity index (χ0) is 16.1. The maximum Gasteiger partial charge on any atom is 0.133 e. The first kappa shape index (κ1) is 18.0. The summed E-state index contributed by atoms with van der Waals surface area (Å²) in [4.78, 5) is 12.4. The van der Waals surface area contributed by atoms with E-state index < -0.39 is 0 Å². The van der Waals surface area contributed by atoms with Gasteiger partial charge >= 0.3 is 0 Å². The molecule has 0 radical (unpaired) electrons. The van der Waals surface area contributed by atoms with Crippen LogP contribution < -0.4 is 0 Å². The van der Waals surface area contributed by atoms with Crippen molar-refractivity contribution in [3.63, 3.8) is 0 Å². The molecular weight excluding hydrogens is 268 g/mol. The van der Waals surface area contributed by atoms with Crippen molar-refractivity contribution >= 4 is 5.78 Å². The summed E-state index contributed by atoms with van der Waals surface area (Å²) in [6, 6.07) is 0. The molecule has 2 fully saturated rings. The Morgan fingerprint density at radius 3 is 1.27 bits per heavy atom. The molecule has 0 amide bonds. The van der Waals surface area contributed by atoms with Crippen LogP contribution in [0, 0.1) is 35.5 Å². The standard InChI is InChI=1S/C21H38O/c1-15(2)19-9-5-17(6-10-19)13-21(22)14-18-7-11-20(12-8-18)16(3)4/h15-20H,5-14H2,1-4H3. The lowest BCUT2D eigenvalue weighted by Gasteiger charge is -2.32. The van der Waals surface area contributed by atoms with Crippen LogP contribution in [0.25, 0.3) is 0 Å². The summed E-state index contributed by atoms with van der Waals surface area (Å²) in [5.74, 6) is 5.46. The molecule has 0 aromatic rings. The summed E-state index contributed by atoms with van der Waals surface area (Å²) in [6.07, 6.45) is 12.4. The number of carbonyl (C=O) groups excluding carboxylic acids is 1. The predicted octanol–water partition coefficient (Wildman–Crippen LogP) is 6.26. The molecule has 0 spiro atoms. The molecule has 0 aromatic heterocycles. The molecule has 0 saturated heterocycles. The molecule has 2 aliphatic rings. The van der Waals surface area contributed by atoms with E-state index in [0.29, 0.717) is 17.6 Å². The van der Waals surface area contributed by atoms with Gasteiger partial charge < -0.3 is 0 Å². The van der Waals surface area contributed by atoms with Crippen molar-refractivity contribution in [1.82, 2.24) is 0 Å². The van der Waals surface area contributed by atoms with E-state index in [2.05, 4.69) is 27.7 Å². The van der Waals surface area contributed by atoms with E-state index in [9.17, 15) is 4.79 Å². The van der Waals surface area contributed by atoms with Gasteiger partial charge in [-0.3, -0.25) is 4.79 Å². The summed E-state index contributed by atoms with van der Waals surface area (Å²) >= 11 is 0. The van der Waals surface area contributed by atoms with Crippen LogP contribution in [0.3, 0.4) is 0 Å². The molecule has 0 atom stereocenters. The maximum absolute atomic E-state index is 12.4. The predicted molar refractivity (Wildman–Crippen MR) is 94.8 cm³/mol. The van der Waals surface area contributed by atoms with E-state index in [1.165, 1.54) is 51.4 Å². The molecule has 1 heteroatoms. The lowest BCUT2D eigenvalue weighted by Crippen LogP contribution is -2.23. The van der Waals surface area contributed by atoms with Gasteiger partial charge in [-0.25, -0.2) is 0 Å². The number of ketones is 1. The zero-order valence-corrected chi connectivity index (χ0v) is 15.4. The second-order valence-electron chi connectivity index (χ2n) is 9.00. The van der Waals surface area contributed by atoms with Crippen LogP contribution in [0.5, 0.6) is 0 Å². The first-order valence-corrected chi connectivity index (χ1v) is 9.97. The van der Waals surface area contributed by atoms with E-state index in [-0.39, 0.29) is 0 Å². The number of carbonyl (C=O) groups is 1. The van der Waals surface area contributed by atoms with Crippen molar-refractivity contribution < 1.29 is 4.79 Å². The van der Waals surface area contributed by atoms with Crippen LogP contribution in [0.4, 0.5) is 0 Å². The van der Waals surface area contributed by atoms with Gasteiger partial charge in [-0.1, -0.05) is 27.7 Å². The van der Waals surface area contributed by atoms with Gasteiger partial charge in [-0.15, -0.1) is 0 Å². The highest BCUT2D eigenvalue weighted by atomic mass is 16.1. The first-order chi connectivity index (χ1) is 10.5. The average Bonchev–Trinajstić information content (AvgIpc) is 2.48. The van der Waals surface area contributed by atoms with Crippen molar-refractivity contribution in [3.05, 3.63) is 0 Å². The molecule has 0 aromatic carbocycles. The lowest BCUT2D eigenvalue weighted by molar-refractivity contribution is -0.121. The highest BCUT2D eigenvalue weighted by molar-refractivity contribution is 5.78. The first-order valence-electron chi connectivity index (χ1n) is 9.97. The van der Waals surface area contributed by atoms with E-state index in [1.54, 1.807) is 0 Å². The molecule has 0 heterocycles. The smallest absolute Gasteiger partial charge is 0.133 e. The van der Waals surface area contributed by atoms with E-state index in [1.807, 2.05) is 0 Å². The Morgan fingerprint density at radius 1 is 0.682 bits per heavy atom. The largest absolute Gasteiger partial charge is 0.300 e. The monoisotopic (exact) mass is 306 g/mol. The number of hydrogen-bond donors (Lipinski definition) is 0. The second-order valence-corrected chi connectivity index (χ2v) is 9.00. The summed E-state index contributed by atoms with van der Waals surface area (Å²) in [6.45, 7) is 9.40. The molecule has 0 aliphatic heterocycles. The fourth-order valence-electron chi connectivity index (χ4n) is 4.85. The molecule has 2 rings (SSSR count). The Kier molecular flexibility index (Phi) is 6.96. The van der Waals surface area contributed by atoms with Gasteiger partial charge in [0.1, 0.15) is 5.78 Å². The average molecular weight is 307 g/mol. The van der Waals surface area contributed by atoms with Crippen LogP contribution in [-0.4, -0.2) is 5.78 Å². The Morgan fingerprint density at radius 2 is 1.00 bits per heavy atom. The number of hydrogen-bond acceptors (Lipinski definition) is 1. The van der Waals surface area contributed by atoms with Gasteiger partial charge in [0.25, 0.3) is 0 Å². The van der Waals surface area contributed by atoms with Crippen molar-refractivity contribution in [2.45, 2.75) is 91.9 Å².